The number of hydrogen-bond donors (Lipinski definition) is 0. The molecule has 0 amide bonds. The predicted molar refractivity (Wildman–Crippen MR) is 65.9 cm³/mol. The largest absolute Gasteiger partial charge is 0.339 e. The number of carbonyl (C=O) groups is 1. The Morgan fingerprint density at radius 3 is 2.60 bits per heavy atom. The monoisotopic (exact) mass is 278 g/mol. The summed E-state index contributed by atoms with van der Waals surface area (Å²) in [5, 5.41) is 3.79. The minimum atomic E-state index is -0.947. The summed E-state index contributed by atoms with van der Waals surface area (Å²) in [5.41, 5.74) is 0.366. The quantitative estimate of drug-likeness (QED) is 0.846. The third-order valence-electron chi connectivity index (χ3n) is 3.51. The third-order valence-corrected chi connectivity index (χ3v) is 3.51. The number of Topliss-reactive ketones (excluding diaryl/α,β-unsaturated/α-hetero) is 1. The molecular weight excluding hydrogens is 266 g/mol. The number of rotatable bonds is 2. The molecule has 0 saturated heterocycles. The molecule has 0 radical (unpaired) electrons. The van der Waals surface area contributed by atoms with E-state index in [4.69, 9.17) is 4.52 Å². The van der Waals surface area contributed by atoms with E-state index in [1.54, 1.807) is 0 Å². The van der Waals surface area contributed by atoms with Gasteiger partial charge in [0.1, 0.15) is 5.78 Å². The number of nitrogens with zero attached hydrogens (tertiary/aromatic N) is 2. The van der Waals surface area contributed by atoms with Crippen LogP contribution in [0.5, 0.6) is 0 Å². The zero-order chi connectivity index (χ0) is 14.1. The maximum atomic E-state index is 13.2. The van der Waals surface area contributed by atoms with Crippen LogP contribution in [0.25, 0.3) is 11.4 Å². The molecule has 2 aromatic rings. The minimum absolute atomic E-state index is 0.0687. The molecule has 1 aliphatic carbocycles. The highest BCUT2D eigenvalue weighted by molar-refractivity contribution is 5.79. The molecule has 6 heteroatoms. The van der Waals surface area contributed by atoms with Crippen molar-refractivity contribution >= 4 is 5.78 Å². The van der Waals surface area contributed by atoms with Crippen molar-refractivity contribution in [1.82, 2.24) is 10.1 Å². The van der Waals surface area contributed by atoms with Crippen LogP contribution in [-0.2, 0) is 4.79 Å². The third kappa shape index (κ3) is 2.45. The van der Waals surface area contributed by atoms with Crippen LogP contribution in [0.2, 0.25) is 0 Å². The molecule has 1 heterocycles. The molecule has 1 aromatic carbocycles. The maximum absolute atomic E-state index is 13.2. The molecule has 0 spiro atoms. The van der Waals surface area contributed by atoms with Crippen LogP contribution in [-0.4, -0.2) is 15.9 Å². The van der Waals surface area contributed by atoms with Crippen LogP contribution in [0.1, 0.15) is 37.5 Å². The number of ketones is 1. The van der Waals surface area contributed by atoms with E-state index in [1.807, 2.05) is 0 Å². The van der Waals surface area contributed by atoms with E-state index in [2.05, 4.69) is 10.1 Å². The van der Waals surface area contributed by atoms with Crippen LogP contribution >= 0.6 is 0 Å². The number of carbonyl (C=O) groups excluding carboxylic acids is 1. The zero-order valence-corrected chi connectivity index (χ0v) is 10.6. The summed E-state index contributed by atoms with van der Waals surface area (Å²) < 4.78 is 31.2. The molecule has 0 N–H and O–H groups in total. The number of halogens is 2. The molecule has 0 unspecified atom stereocenters. The molecule has 104 valence electrons. The van der Waals surface area contributed by atoms with E-state index in [-0.39, 0.29) is 17.5 Å². The molecule has 0 atom stereocenters. The van der Waals surface area contributed by atoms with Crippen molar-refractivity contribution in [2.24, 2.45) is 0 Å². The standard InChI is InChI=1S/C14H12F2N2O2/c15-11-6-3-9(7-12(11)16)13-17-14(20-18-13)8-1-4-10(19)5-2-8/h3,6-8H,1-2,4-5H2. The molecular formula is C14H12F2N2O2. The number of benzene rings is 1. The van der Waals surface area contributed by atoms with E-state index < -0.39 is 11.6 Å². The van der Waals surface area contributed by atoms with E-state index in [1.165, 1.54) is 6.07 Å². The van der Waals surface area contributed by atoms with Crippen molar-refractivity contribution in [1.29, 1.82) is 0 Å². The Labute approximate surface area is 113 Å². The first-order chi connectivity index (χ1) is 9.63. The second-order valence-corrected chi connectivity index (χ2v) is 4.90. The Balaban J connectivity index is 1.82. The average molecular weight is 278 g/mol. The van der Waals surface area contributed by atoms with Gasteiger partial charge >= 0.3 is 0 Å². The van der Waals surface area contributed by atoms with Gasteiger partial charge in [0.2, 0.25) is 11.7 Å². The fourth-order valence-corrected chi connectivity index (χ4v) is 2.34. The van der Waals surface area contributed by atoms with Crippen LogP contribution in [0.15, 0.2) is 22.7 Å². The van der Waals surface area contributed by atoms with Crippen LogP contribution in [0, 0.1) is 11.6 Å². The second-order valence-electron chi connectivity index (χ2n) is 4.90. The van der Waals surface area contributed by atoms with Crippen LogP contribution in [0.3, 0.4) is 0 Å². The lowest BCUT2D eigenvalue weighted by atomic mass is 9.88. The highest BCUT2D eigenvalue weighted by atomic mass is 19.2. The van der Waals surface area contributed by atoms with Gasteiger partial charge in [-0.05, 0) is 31.0 Å². The summed E-state index contributed by atoms with van der Waals surface area (Å²) >= 11 is 0. The van der Waals surface area contributed by atoms with Crippen molar-refractivity contribution in [2.45, 2.75) is 31.6 Å². The lowest BCUT2D eigenvalue weighted by Crippen LogP contribution is -2.12. The summed E-state index contributed by atoms with van der Waals surface area (Å²) in [6, 6.07) is 3.46. The SMILES string of the molecule is O=C1CCC(c2nc(-c3ccc(F)c(F)c3)no2)CC1. The van der Waals surface area contributed by atoms with Gasteiger partial charge in [0.05, 0.1) is 0 Å². The average Bonchev–Trinajstić information content (AvgIpc) is 2.92. The summed E-state index contributed by atoms with van der Waals surface area (Å²) in [6.45, 7) is 0. The first-order valence-electron chi connectivity index (χ1n) is 6.44. The summed E-state index contributed by atoms with van der Waals surface area (Å²) in [7, 11) is 0. The van der Waals surface area contributed by atoms with Gasteiger partial charge < -0.3 is 4.52 Å². The van der Waals surface area contributed by atoms with E-state index in [9.17, 15) is 13.6 Å². The Kier molecular flexibility index (Phi) is 3.30. The highest BCUT2D eigenvalue weighted by Gasteiger charge is 2.25. The Morgan fingerprint density at radius 2 is 1.90 bits per heavy atom. The molecule has 0 aliphatic heterocycles. The van der Waals surface area contributed by atoms with Gasteiger partial charge in [-0.3, -0.25) is 4.79 Å². The van der Waals surface area contributed by atoms with Crippen molar-refractivity contribution in [3.63, 3.8) is 0 Å². The zero-order valence-electron chi connectivity index (χ0n) is 10.6. The normalized spacial score (nSPS) is 16.6. The topological polar surface area (TPSA) is 56.0 Å². The van der Waals surface area contributed by atoms with Gasteiger partial charge in [0.15, 0.2) is 11.6 Å². The molecule has 3 rings (SSSR count). The molecule has 4 nitrogen and oxygen atoms in total. The van der Waals surface area contributed by atoms with Gasteiger partial charge in [-0.15, -0.1) is 0 Å². The fourth-order valence-electron chi connectivity index (χ4n) is 2.34. The molecule has 1 aromatic heterocycles. The Bertz CT molecular complexity index is 644. The van der Waals surface area contributed by atoms with Gasteiger partial charge in [-0.2, -0.15) is 4.98 Å². The molecule has 20 heavy (non-hydrogen) atoms. The van der Waals surface area contributed by atoms with Crippen molar-refractivity contribution < 1.29 is 18.1 Å². The molecule has 1 fully saturated rings. The van der Waals surface area contributed by atoms with Gasteiger partial charge in [0, 0.05) is 24.3 Å². The van der Waals surface area contributed by atoms with Crippen LogP contribution in [0.4, 0.5) is 8.78 Å². The van der Waals surface area contributed by atoms with E-state index in [0.717, 1.165) is 12.1 Å². The van der Waals surface area contributed by atoms with E-state index in [0.29, 0.717) is 37.1 Å². The van der Waals surface area contributed by atoms with E-state index >= 15 is 0 Å². The summed E-state index contributed by atoms with van der Waals surface area (Å²) in [5.74, 6) is -0.853. The summed E-state index contributed by atoms with van der Waals surface area (Å²) in [4.78, 5) is 15.4. The van der Waals surface area contributed by atoms with Crippen molar-refractivity contribution in [3.8, 4) is 11.4 Å². The van der Waals surface area contributed by atoms with Crippen molar-refractivity contribution in [2.75, 3.05) is 0 Å². The summed E-state index contributed by atoms with van der Waals surface area (Å²) in [6.07, 6.45) is 2.43. The number of aromatic nitrogens is 2. The van der Waals surface area contributed by atoms with Gasteiger partial charge in [-0.25, -0.2) is 8.78 Å². The second kappa shape index (κ2) is 5.11. The fraction of sp³-hybridized carbons (Fsp3) is 0.357. The number of hydrogen-bond acceptors (Lipinski definition) is 4. The minimum Gasteiger partial charge on any atom is -0.339 e. The highest BCUT2D eigenvalue weighted by Crippen LogP contribution is 2.31. The first kappa shape index (κ1) is 12.9. The Hall–Kier alpha value is -2.11. The molecule has 1 aliphatic rings. The first-order valence-corrected chi connectivity index (χ1v) is 6.44. The molecule has 0 bridgehead atoms. The van der Waals surface area contributed by atoms with Gasteiger partial charge in [-0.1, -0.05) is 5.16 Å². The van der Waals surface area contributed by atoms with Crippen LogP contribution < -0.4 is 0 Å². The molecule has 1 saturated carbocycles. The van der Waals surface area contributed by atoms with Crippen molar-refractivity contribution in [3.05, 3.63) is 35.7 Å². The predicted octanol–water partition coefficient (Wildman–Crippen LogP) is 3.24. The maximum Gasteiger partial charge on any atom is 0.230 e. The van der Waals surface area contributed by atoms with Gasteiger partial charge in [0.25, 0.3) is 0 Å². The smallest absolute Gasteiger partial charge is 0.230 e. The lowest BCUT2D eigenvalue weighted by Gasteiger charge is -2.16. The lowest BCUT2D eigenvalue weighted by molar-refractivity contribution is -0.120. The Morgan fingerprint density at radius 1 is 1.15 bits per heavy atom.